The van der Waals surface area contributed by atoms with Crippen molar-refractivity contribution in [2.45, 2.75) is 25.4 Å². The maximum atomic E-state index is 12.1. The molecule has 0 aliphatic heterocycles. The number of rotatable bonds is 5. The molecule has 1 aliphatic rings. The number of nitrogens with two attached hydrogens (primary N) is 1. The minimum absolute atomic E-state index is 0.0228. The molecular weight excluding hydrogens is 209 g/mol. The van der Waals surface area contributed by atoms with Crippen molar-refractivity contribution in [3.8, 4) is 0 Å². The van der Waals surface area contributed by atoms with Crippen LogP contribution in [0.2, 0.25) is 0 Å². The minimum Gasteiger partial charge on any atom is -0.332 e. The highest BCUT2D eigenvalue weighted by Crippen LogP contribution is 2.33. The van der Waals surface area contributed by atoms with Crippen LogP contribution in [-0.4, -0.2) is 36.6 Å². The number of hydrogen-bond donors (Lipinski definition) is 1. The van der Waals surface area contributed by atoms with E-state index >= 15 is 0 Å². The molecule has 3 nitrogen and oxygen atoms in total. The minimum atomic E-state index is -4.34. The van der Waals surface area contributed by atoms with Gasteiger partial charge in [-0.25, -0.2) is 0 Å². The van der Waals surface area contributed by atoms with Crippen molar-refractivity contribution in [3.05, 3.63) is 0 Å². The first-order chi connectivity index (χ1) is 6.92. The molecule has 1 saturated carbocycles. The van der Waals surface area contributed by atoms with Gasteiger partial charge in [-0.3, -0.25) is 4.79 Å². The summed E-state index contributed by atoms with van der Waals surface area (Å²) in [6.45, 7) is -1.15. The Morgan fingerprint density at radius 3 is 2.40 bits per heavy atom. The van der Waals surface area contributed by atoms with Crippen LogP contribution >= 0.6 is 0 Å². The monoisotopic (exact) mass is 224 g/mol. The number of nitrogens with zero attached hydrogens (tertiary/aromatic N) is 1. The Kier molecular flexibility index (Phi) is 3.96. The lowest BCUT2D eigenvalue weighted by molar-refractivity contribution is -0.161. The second-order valence-electron chi connectivity index (χ2n) is 3.87. The molecule has 0 aromatic heterocycles. The van der Waals surface area contributed by atoms with E-state index in [4.69, 9.17) is 5.73 Å². The topological polar surface area (TPSA) is 46.3 Å². The van der Waals surface area contributed by atoms with E-state index in [2.05, 4.69) is 0 Å². The van der Waals surface area contributed by atoms with Gasteiger partial charge in [-0.2, -0.15) is 13.2 Å². The van der Waals surface area contributed by atoms with Gasteiger partial charge in [0.1, 0.15) is 6.54 Å². The molecule has 0 saturated heterocycles. The third-order valence-corrected chi connectivity index (χ3v) is 2.28. The van der Waals surface area contributed by atoms with E-state index in [-0.39, 0.29) is 19.5 Å². The van der Waals surface area contributed by atoms with Gasteiger partial charge in [0.05, 0.1) is 0 Å². The van der Waals surface area contributed by atoms with Crippen LogP contribution in [0.4, 0.5) is 13.2 Å². The first-order valence-electron chi connectivity index (χ1n) is 4.97. The molecule has 0 heterocycles. The van der Waals surface area contributed by atoms with Gasteiger partial charge in [-0.1, -0.05) is 0 Å². The Morgan fingerprint density at radius 1 is 1.40 bits per heavy atom. The Morgan fingerprint density at radius 2 is 2.00 bits per heavy atom. The van der Waals surface area contributed by atoms with E-state index in [1.807, 2.05) is 0 Å². The molecule has 0 aromatic carbocycles. The van der Waals surface area contributed by atoms with E-state index in [1.54, 1.807) is 0 Å². The lowest BCUT2D eigenvalue weighted by Crippen LogP contribution is -2.41. The summed E-state index contributed by atoms with van der Waals surface area (Å²) >= 11 is 0. The van der Waals surface area contributed by atoms with Crippen LogP contribution in [0.3, 0.4) is 0 Å². The number of carbonyl (C=O) groups is 1. The molecule has 1 rings (SSSR count). The van der Waals surface area contributed by atoms with Crippen molar-refractivity contribution in [2.75, 3.05) is 19.6 Å². The van der Waals surface area contributed by atoms with Crippen LogP contribution < -0.4 is 5.73 Å². The Hall–Kier alpha value is -0.780. The molecule has 6 heteroatoms. The van der Waals surface area contributed by atoms with Gasteiger partial charge < -0.3 is 10.6 Å². The van der Waals surface area contributed by atoms with Crippen LogP contribution in [0.25, 0.3) is 0 Å². The Bertz CT molecular complexity index is 226. The summed E-state index contributed by atoms with van der Waals surface area (Å²) in [6.07, 6.45) is -2.20. The number of amides is 1. The van der Waals surface area contributed by atoms with Gasteiger partial charge >= 0.3 is 6.18 Å². The second-order valence-corrected chi connectivity index (χ2v) is 3.87. The average Bonchev–Trinajstić information content (AvgIpc) is 2.85. The molecule has 0 spiro atoms. The molecule has 0 bridgehead atoms. The fourth-order valence-corrected chi connectivity index (χ4v) is 1.36. The predicted molar refractivity (Wildman–Crippen MR) is 49.0 cm³/mol. The smallest absolute Gasteiger partial charge is 0.332 e. The summed E-state index contributed by atoms with van der Waals surface area (Å²) in [4.78, 5) is 12.2. The van der Waals surface area contributed by atoms with Crippen LogP contribution in [0.1, 0.15) is 19.3 Å². The lowest BCUT2D eigenvalue weighted by atomic mass is 10.2. The van der Waals surface area contributed by atoms with Crippen molar-refractivity contribution >= 4 is 5.91 Å². The number of hydrogen-bond acceptors (Lipinski definition) is 2. The molecule has 88 valence electrons. The van der Waals surface area contributed by atoms with Crippen molar-refractivity contribution < 1.29 is 18.0 Å². The maximum absolute atomic E-state index is 12.1. The molecule has 0 atom stereocenters. The third kappa shape index (κ3) is 5.01. The van der Waals surface area contributed by atoms with Crippen molar-refractivity contribution in [2.24, 2.45) is 11.7 Å². The fraction of sp³-hybridized carbons (Fsp3) is 0.889. The van der Waals surface area contributed by atoms with Gasteiger partial charge in [0.2, 0.25) is 5.91 Å². The van der Waals surface area contributed by atoms with Crippen LogP contribution in [-0.2, 0) is 4.79 Å². The first kappa shape index (κ1) is 12.3. The first-order valence-corrected chi connectivity index (χ1v) is 4.97. The van der Waals surface area contributed by atoms with E-state index in [9.17, 15) is 18.0 Å². The number of halogens is 3. The summed E-state index contributed by atoms with van der Waals surface area (Å²) in [5.74, 6) is -0.133. The summed E-state index contributed by atoms with van der Waals surface area (Å²) in [6, 6.07) is 0. The predicted octanol–water partition coefficient (Wildman–Crippen LogP) is 1.14. The summed E-state index contributed by atoms with van der Waals surface area (Å²) in [7, 11) is 0. The molecule has 15 heavy (non-hydrogen) atoms. The van der Waals surface area contributed by atoms with Crippen molar-refractivity contribution in [1.82, 2.24) is 4.90 Å². The molecular formula is C9H15F3N2O. The zero-order valence-electron chi connectivity index (χ0n) is 8.39. The zero-order chi connectivity index (χ0) is 11.5. The van der Waals surface area contributed by atoms with Gasteiger partial charge in [-0.05, 0) is 18.8 Å². The van der Waals surface area contributed by atoms with E-state index < -0.39 is 18.6 Å². The van der Waals surface area contributed by atoms with E-state index in [0.29, 0.717) is 5.92 Å². The lowest BCUT2D eigenvalue weighted by Gasteiger charge is -2.23. The van der Waals surface area contributed by atoms with Crippen LogP contribution in [0.5, 0.6) is 0 Å². The average molecular weight is 224 g/mol. The van der Waals surface area contributed by atoms with Crippen molar-refractivity contribution in [1.29, 1.82) is 0 Å². The normalized spacial score (nSPS) is 16.5. The van der Waals surface area contributed by atoms with E-state index in [1.165, 1.54) is 0 Å². The van der Waals surface area contributed by atoms with Crippen LogP contribution in [0.15, 0.2) is 0 Å². The number of carbonyl (C=O) groups excluding carboxylic acids is 1. The fourth-order valence-electron chi connectivity index (χ4n) is 1.36. The molecule has 1 aliphatic carbocycles. The SMILES string of the molecule is NCCN(CC(F)(F)F)C(=O)CC1CC1. The largest absolute Gasteiger partial charge is 0.406 e. The summed E-state index contributed by atoms with van der Waals surface area (Å²) in [5.41, 5.74) is 5.17. The summed E-state index contributed by atoms with van der Waals surface area (Å²) in [5, 5.41) is 0. The highest BCUT2D eigenvalue weighted by atomic mass is 19.4. The Balaban J connectivity index is 2.43. The summed E-state index contributed by atoms with van der Waals surface area (Å²) < 4.78 is 36.3. The molecule has 0 radical (unpaired) electrons. The Labute approximate surface area is 86.4 Å². The molecule has 0 aromatic rings. The molecule has 1 amide bonds. The zero-order valence-corrected chi connectivity index (χ0v) is 8.39. The molecule has 0 unspecified atom stereocenters. The van der Waals surface area contributed by atoms with Crippen molar-refractivity contribution in [3.63, 3.8) is 0 Å². The highest BCUT2D eigenvalue weighted by Gasteiger charge is 2.34. The van der Waals surface area contributed by atoms with E-state index in [0.717, 1.165) is 17.7 Å². The quantitative estimate of drug-likeness (QED) is 0.761. The standard InChI is InChI=1S/C9H15F3N2O/c10-9(11,12)6-14(4-3-13)8(15)5-7-1-2-7/h7H,1-6,13H2. The number of alkyl halides is 3. The third-order valence-electron chi connectivity index (χ3n) is 2.28. The van der Waals surface area contributed by atoms with Gasteiger partial charge in [0, 0.05) is 19.5 Å². The van der Waals surface area contributed by atoms with Gasteiger partial charge in [0.25, 0.3) is 0 Å². The molecule has 2 N–H and O–H groups in total. The molecule has 1 fully saturated rings. The second kappa shape index (κ2) is 4.83. The maximum Gasteiger partial charge on any atom is 0.406 e. The van der Waals surface area contributed by atoms with Crippen LogP contribution in [0, 0.1) is 5.92 Å². The highest BCUT2D eigenvalue weighted by molar-refractivity contribution is 5.76. The van der Waals surface area contributed by atoms with Gasteiger partial charge in [0.15, 0.2) is 0 Å². The van der Waals surface area contributed by atoms with Gasteiger partial charge in [-0.15, -0.1) is 0 Å².